The molecule has 0 fully saturated rings. The van der Waals surface area contributed by atoms with Crippen LogP contribution in [0.3, 0.4) is 0 Å². The van der Waals surface area contributed by atoms with Gasteiger partial charge in [-0.05, 0) is 17.5 Å². The minimum absolute atomic E-state index is 0.0351. The van der Waals surface area contributed by atoms with Gasteiger partial charge in [0.05, 0.1) is 5.02 Å². The molecule has 2 N–H and O–H groups in total. The Hall–Kier alpha value is -1.13. The van der Waals surface area contributed by atoms with E-state index in [-0.39, 0.29) is 17.5 Å². The highest BCUT2D eigenvalue weighted by atomic mass is 35.5. The van der Waals surface area contributed by atoms with Crippen molar-refractivity contribution in [3.63, 3.8) is 0 Å². The molecule has 1 rings (SSSR count). The molecule has 0 amide bonds. The van der Waals surface area contributed by atoms with E-state index in [9.17, 15) is 9.18 Å². The topological polar surface area (TPSA) is 49.3 Å². The fourth-order valence-electron chi connectivity index (χ4n) is 1.51. The molecule has 0 radical (unpaired) electrons. The lowest BCUT2D eigenvalue weighted by atomic mass is 10.0. The molecular formula is C12H15ClFNO2. The number of carboxylic acids is 1. The molecular weight excluding hydrogens is 245 g/mol. The second-order valence-corrected chi connectivity index (χ2v) is 4.53. The average Bonchev–Trinajstić information content (AvgIpc) is 2.23. The number of nitrogens with one attached hydrogen (secondary N) is 1. The first-order valence-electron chi connectivity index (χ1n) is 5.32. The van der Waals surface area contributed by atoms with E-state index in [4.69, 9.17) is 16.7 Å². The minimum Gasteiger partial charge on any atom is -0.480 e. The van der Waals surface area contributed by atoms with Crippen LogP contribution in [0, 0.1) is 11.7 Å². The van der Waals surface area contributed by atoms with Crippen molar-refractivity contribution in [1.29, 1.82) is 0 Å². The van der Waals surface area contributed by atoms with Crippen LogP contribution < -0.4 is 5.32 Å². The first kappa shape index (κ1) is 13.9. The number of carbonyl (C=O) groups is 1. The monoisotopic (exact) mass is 259 g/mol. The van der Waals surface area contributed by atoms with E-state index in [1.54, 1.807) is 26.0 Å². The smallest absolute Gasteiger partial charge is 0.320 e. The number of carboxylic acid groups (broad SMARTS) is 1. The maximum Gasteiger partial charge on any atom is 0.320 e. The number of benzene rings is 1. The third-order valence-electron chi connectivity index (χ3n) is 2.48. The van der Waals surface area contributed by atoms with Gasteiger partial charge in [-0.15, -0.1) is 0 Å². The van der Waals surface area contributed by atoms with Crippen molar-refractivity contribution >= 4 is 17.6 Å². The first-order chi connectivity index (χ1) is 7.93. The Kier molecular flexibility index (Phi) is 4.90. The molecule has 0 bridgehead atoms. The second kappa shape index (κ2) is 5.98. The number of halogens is 2. The summed E-state index contributed by atoms with van der Waals surface area (Å²) >= 11 is 5.77. The van der Waals surface area contributed by atoms with Gasteiger partial charge in [0, 0.05) is 6.54 Å². The number of hydrogen-bond donors (Lipinski definition) is 2. The van der Waals surface area contributed by atoms with Crippen molar-refractivity contribution in [1.82, 2.24) is 5.32 Å². The summed E-state index contributed by atoms with van der Waals surface area (Å²) in [5.41, 5.74) is 0.554. The Morgan fingerprint density at radius 2 is 2.18 bits per heavy atom. The van der Waals surface area contributed by atoms with Crippen LogP contribution in [-0.4, -0.2) is 17.1 Å². The SMILES string of the molecule is CC(C)C(NCc1cccc(F)c1Cl)C(=O)O. The molecule has 0 spiro atoms. The van der Waals surface area contributed by atoms with E-state index < -0.39 is 17.8 Å². The molecule has 0 heterocycles. The molecule has 5 heteroatoms. The number of rotatable bonds is 5. The zero-order chi connectivity index (χ0) is 13.0. The predicted octanol–water partition coefficient (Wildman–Crippen LogP) is 2.68. The molecule has 0 aliphatic heterocycles. The van der Waals surface area contributed by atoms with Crippen LogP contribution in [0.1, 0.15) is 19.4 Å². The molecule has 1 aromatic carbocycles. The van der Waals surface area contributed by atoms with E-state index in [0.717, 1.165) is 0 Å². The first-order valence-corrected chi connectivity index (χ1v) is 5.70. The molecule has 0 aliphatic rings. The van der Waals surface area contributed by atoms with Crippen molar-refractivity contribution in [2.24, 2.45) is 5.92 Å². The summed E-state index contributed by atoms with van der Waals surface area (Å²) in [7, 11) is 0. The maximum atomic E-state index is 13.1. The minimum atomic E-state index is -0.924. The van der Waals surface area contributed by atoms with Crippen molar-refractivity contribution in [3.05, 3.63) is 34.6 Å². The highest BCUT2D eigenvalue weighted by Crippen LogP contribution is 2.19. The summed E-state index contributed by atoms with van der Waals surface area (Å²) < 4.78 is 13.1. The summed E-state index contributed by atoms with van der Waals surface area (Å²) in [6, 6.07) is 3.80. The van der Waals surface area contributed by atoms with Gasteiger partial charge in [0.2, 0.25) is 0 Å². The molecule has 1 aromatic rings. The lowest BCUT2D eigenvalue weighted by Gasteiger charge is -2.18. The molecule has 94 valence electrons. The molecule has 0 aliphatic carbocycles. The van der Waals surface area contributed by atoms with Crippen LogP contribution in [-0.2, 0) is 11.3 Å². The normalized spacial score (nSPS) is 12.8. The second-order valence-electron chi connectivity index (χ2n) is 4.15. The molecule has 0 aromatic heterocycles. The Balaban J connectivity index is 2.72. The van der Waals surface area contributed by atoms with Gasteiger partial charge in [-0.25, -0.2) is 4.39 Å². The van der Waals surface area contributed by atoms with Crippen molar-refractivity contribution in [3.8, 4) is 0 Å². The summed E-state index contributed by atoms with van der Waals surface area (Å²) in [6.07, 6.45) is 0. The summed E-state index contributed by atoms with van der Waals surface area (Å²) in [6.45, 7) is 3.84. The number of hydrogen-bond acceptors (Lipinski definition) is 2. The fraction of sp³-hybridized carbons (Fsp3) is 0.417. The third-order valence-corrected chi connectivity index (χ3v) is 2.90. The van der Waals surface area contributed by atoms with Crippen LogP contribution in [0.15, 0.2) is 18.2 Å². The van der Waals surface area contributed by atoms with Crippen molar-refractivity contribution in [2.45, 2.75) is 26.4 Å². The Morgan fingerprint density at radius 3 is 2.71 bits per heavy atom. The van der Waals surface area contributed by atoms with Crippen LogP contribution >= 0.6 is 11.6 Å². The molecule has 0 saturated carbocycles. The number of aliphatic carboxylic acids is 1. The highest BCUT2D eigenvalue weighted by molar-refractivity contribution is 6.31. The maximum absolute atomic E-state index is 13.1. The lowest BCUT2D eigenvalue weighted by molar-refractivity contribution is -0.140. The molecule has 1 atom stereocenters. The fourth-order valence-corrected chi connectivity index (χ4v) is 1.71. The van der Waals surface area contributed by atoms with Gasteiger partial charge in [0.1, 0.15) is 11.9 Å². The van der Waals surface area contributed by atoms with E-state index >= 15 is 0 Å². The van der Waals surface area contributed by atoms with Gasteiger partial charge in [0.15, 0.2) is 0 Å². The standard InChI is InChI=1S/C12H15ClFNO2/c1-7(2)11(12(16)17)15-6-8-4-3-5-9(14)10(8)13/h3-5,7,11,15H,6H2,1-2H3,(H,16,17). The van der Waals surface area contributed by atoms with Gasteiger partial charge in [-0.1, -0.05) is 37.6 Å². The molecule has 0 saturated heterocycles. The van der Waals surface area contributed by atoms with Gasteiger partial charge >= 0.3 is 5.97 Å². The van der Waals surface area contributed by atoms with Gasteiger partial charge in [0.25, 0.3) is 0 Å². The predicted molar refractivity (Wildman–Crippen MR) is 64.5 cm³/mol. The summed E-state index contributed by atoms with van der Waals surface area (Å²) in [5.74, 6) is -1.48. The lowest BCUT2D eigenvalue weighted by Crippen LogP contribution is -2.40. The van der Waals surface area contributed by atoms with Crippen LogP contribution in [0.5, 0.6) is 0 Å². The van der Waals surface area contributed by atoms with Gasteiger partial charge < -0.3 is 10.4 Å². The van der Waals surface area contributed by atoms with Crippen molar-refractivity contribution < 1.29 is 14.3 Å². The third kappa shape index (κ3) is 3.68. The summed E-state index contributed by atoms with van der Waals surface area (Å²) in [5, 5.41) is 11.9. The van der Waals surface area contributed by atoms with Gasteiger partial charge in [-0.3, -0.25) is 4.79 Å². The van der Waals surface area contributed by atoms with E-state index in [1.165, 1.54) is 6.07 Å². The Morgan fingerprint density at radius 1 is 1.53 bits per heavy atom. The quantitative estimate of drug-likeness (QED) is 0.855. The zero-order valence-electron chi connectivity index (χ0n) is 9.71. The van der Waals surface area contributed by atoms with Gasteiger partial charge in [-0.2, -0.15) is 0 Å². The Bertz CT molecular complexity index is 409. The largest absolute Gasteiger partial charge is 0.480 e. The highest BCUT2D eigenvalue weighted by Gasteiger charge is 2.20. The van der Waals surface area contributed by atoms with E-state index in [1.807, 2.05) is 0 Å². The molecule has 17 heavy (non-hydrogen) atoms. The Labute approximate surface area is 105 Å². The zero-order valence-corrected chi connectivity index (χ0v) is 10.5. The van der Waals surface area contributed by atoms with Crippen LogP contribution in [0.4, 0.5) is 4.39 Å². The van der Waals surface area contributed by atoms with Crippen molar-refractivity contribution in [2.75, 3.05) is 0 Å². The van der Waals surface area contributed by atoms with Crippen LogP contribution in [0.2, 0.25) is 5.02 Å². The van der Waals surface area contributed by atoms with Crippen LogP contribution in [0.25, 0.3) is 0 Å². The average molecular weight is 260 g/mol. The van der Waals surface area contributed by atoms with E-state index in [2.05, 4.69) is 5.32 Å². The van der Waals surface area contributed by atoms with E-state index in [0.29, 0.717) is 5.56 Å². The molecule has 1 unspecified atom stereocenters. The molecule has 3 nitrogen and oxygen atoms in total. The summed E-state index contributed by atoms with van der Waals surface area (Å²) in [4.78, 5) is 10.9.